The van der Waals surface area contributed by atoms with Crippen LogP contribution in [0.5, 0.6) is 5.75 Å². The maximum absolute atomic E-state index is 12.6. The number of hydrogen-bond acceptors (Lipinski definition) is 10. The van der Waals surface area contributed by atoms with Crippen molar-refractivity contribution in [2.24, 2.45) is 0 Å². The number of fused-ring (bicyclic) bond motifs is 2. The third-order valence-corrected chi connectivity index (χ3v) is 11.3. The number of benzene rings is 1. The van der Waals surface area contributed by atoms with Gasteiger partial charge < -0.3 is 55.8 Å². The average molecular weight is 798 g/mol. The van der Waals surface area contributed by atoms with Crippen LogP contribution in [0.4, 0.5) is 4.79 Å². The molecule has 1 aromatic carbocycles. The summed E-state index contributed by atoms with van der Waals surface area (Å²) in [5.74, 6) is 0.481. The average Bonchev–Trinajstić information content (AvgIpc) is 3.85. The highest BCUT2D eigenvalue weighted by molar-refractivity contribution is 8.00. The molecular weight excluding hydrogens is 743 g/mol. The number of urea groups is 1. The minimum Gasteiger partial charge on any atom is -0.484 e. The van der Waals surface area contributed by atoms with Gasteiger partial charge in [0.1, 0.15) is 17.5 Å². The predicted octanol–water partition coefficient (Wildman–Crippen LogP) is 1.99. The molecule has 17 heteroatoms. The lowest BCUT2D eigenvalue weighted by Gasteiger charge is -2.23. The summed E-state index contributed by atoms with van der Waals surface area (Å²) in [5, 5.41) is 18.2. The number of aromatic nitrogens is 1. The first-order valence-electron chi connectivity index (χ1n) is 19.2. The maximum atomic E-state index is 12.6. The molecule has 3 aliphatic rings. The third kappa shape index (κ3) is 12.0. The van der Waals surface area contributed by atoms with Crippen LogP contribution in [0.1, 0.15) is 57.7 Å². The van der Waals surface area contributed by atoms with Gasteiger partial charge in [0.2, 0.25) is 11.8 Å². The second-order valence-corrected chi connectivity index (χ2v) is 15.8. The lowest BCUT2D eigenvalue weighted by molar-refractivity contribution is -0.130. The molecule has 0 radical (unpaired) electrons. The van der Waals surface area contributed by atoms with Gasteiger partial charge in [-0.1, -0.05) is 26.3 Å². The van der Waals surface area contributed by atoms with Crippen molar-refractivity contribution in [3.05, 3.63) is 47.8 Å². The van der Waals surface area contributed by atoms with E-state index in [1.54, 1.807) is 31.2 Å². The molecule has 16 nitrogen and oxygen atoms in total. The van der Waals surface area contributed by atoms with Crippen LogP contribution in [-0.2, 0) is 38.8 Å². The Morgan fingerprint density at radius 1 is 0.946 bits per heavy atom. The molecule has 1 aromatic heterocycles. The van der Waals surface area contributed by atoms with Gasteiger partial charge in [0, 0.05) is 64.2 Å². The predicted molar refractivity (Wildman–Crippen MR) is 213 cm³/mol. The molecule has 5 rings (SSSR count). The molecule has 3 saturated heterocycles. The summed E-state index contributed by atoms with van der Waals surface area (Å²) in [7, 11) is 0. The zero-order valence-corrected chi connectivity index (χ0v) is 33.2. The largest absolute Gasteiger partial charge is 0.484 e. The van der Waals surface area contributed by atoms with Crippen molar-refractivity contribution in [1.82, 2.24) is 36.9 Å². The van der Waals surface area contributed by atoms with Crippen LogP contribution in [-0.4, -0.2) is 123 Å². The van der Waals surface area contributed by atoms with Crippen LogP contribution in [0.15, 0.2) is 36.6 Å². The monoisotopic (exact) mass is 797 g/mol. The highest BCUT2D eigenvalue weighted by Crippen LogP contribution is 2.36. The van der Waals surface area contributed by atoms with E-state index in [0.717, 1.165) is 47.2 Å². The first kappa shape index (κ1) is 42.6. The van der Waals surface area contributed by atoms with Crippen LogP contribution < -0.4 is 36.6 Å². The third-order valence-electron chi connectivity index (χ3n) is 9.83. The Hall–Kier alpha value is -4.58. The number of H-pyrrole nitrogens is 1. The quantitative estimate of drug-likeness (QED) is 0.0377. The van der Waals surface area contributed by atoms with E-state index in [9.17, 15) is 24.0 Å². The summed E-state index contributed by atoms with van der Waals surface area (Å²) in [5.41, 5.74) is 1.94. The Balaban J connectivity index is 0.880. The number of aromatic amines is 1. The lowest BCUT2D eigenvalue weighted by Crippen LogP contribution is -2.53. The van der Waals surface area contributed by atoms with E-state index in [0.29, 0.717) is 70.2 Å². The minimum atomic E-state index is -0.617. The number of rotatable bonds is 23. The number of hydrogen-bond donors (Lipinski definition) is 7. The Kier molecular flexibility index (Phi) is 15.6. The van der Waals surface area contributed by atoms with Gasteiger partial charge in [-0.25, -0.2) is 4.79 Å². The highest BCUT2D eigenvalue weighted by atomic mass is 32.2. The van der Waals surface area contributed by atoms with Gasteiger partial charge in [0.25, 0.3) is 11.8 Å². The number of thioether (sulfide) groups is 1. The molecule has 0 spiro atoms. The Bertz CT molecular complexity index is 1760. The van der Waals surface area contributed by atoms with E-state index in [1.165, 1.54) is 0 Å². The molecule has 0 saturated carbocycles. The fourth-order valence-corrected chi connectivity index (χ4v) is 8.11. The van der Waals surface area contributed by atoms with E-state index in [2.05, 4.69) is 43.5 Å². The van der Waals surface area contributed by atoms with E-state index in [-0.39, 0.29) is 54.0 Å². The molecule has 0 unspecified atom stereocenters. The molecule has 6 amide bonds. The molecule has 4 atom stereocenters. The van der Waals surface area contributed by atoms with E-state index < -0.39 is 11.5 Å². The number of ether oxygens (including phenoxy) is 4. The van der Waals surface area contributed by atoms with Gasteiger partial charge in [-0.15, -0.1) is 6.58 Å². The summed E-state index contributed by atoms with van der Waals surface area (Å²) in [6, 6.07) is 5.11. The number of unbranched alkanes of at least 4 members (excludes halogenated alkanes) is 1. The first-order valence-corrected chi connectivity index (χ1v) is 20.2. The number of carbonyl (C=O) groups excluding carboxylic acids is 5. The fourth-order valence-electron chi connectivity index (χ4n) is 6.56. The van der Waals surface area contributed by atoms with E-state index >= 15 is 0 Å². The van der Waals surface area contributed by atoms with Crippen molar-refractivity contribution in [3.8, 4) is 5.75 Å². The van der Waals surface area contributed by atoms with Crippen LogP contribution in [0.2, 0.25) is 0 Å². The van der Waals surface area contributed by atoms with Crippen molar-refractivity contribution in [2.75, 3.05) is 65.1 Å². The summed E-state index contributed by atoms with van der Waals surface area (Å²) in [4.78, 5) is 64.3. The number of piperazine rings is 1. The van der Waals surface area contributed by atoms with Gasteiger partial charge in [0.15, 0.2) is 6.61 Å². The zero-order chi connectivity index (χ0) is 40.1. The summed E-state index contributed by atoms with van der Waals surface area (Å²) < 4.78 is 22.3. The molecule has 0 aliphatic carbocycles. The molecule has 0 bridgehead atoms. The van der Waals surface area contributed by atoms with E-state index in [4.69, 9.17) is 18.9 Å². The molecule has 3 fully saturated rings. The SMILES string of the molecule is C=CC(C)(C)c1[nH]c2cc(OCC(=O)NCCOCCOCCOCCNC(=O)CCCC[C@@H]3SC[C@@H]4NC(=O)N[C@@H]43)ccc2c1/C=C1\NC(=O)[C@H](C)NC1=O. The molecule has 4 heterocycles. The van der Waals surface area contributed by atoms with Gasteiger partial charge >= 0.3 is 6.03 Å². The lowest BCUT2D eigenvalue weighted by atomic mass is 9.86. The number of allylic oxidation sites excluding steroid dienone is 1. The normalized spacial score (nSPS) is 21.3. The molecule has 7 N–H and O–H groups in total. The van der Waals surface area contributed by atoms with Gasteiger partial charge in [-0.2, -0.15) is 11.8 Å². The minimum absolute atomic E-state index is 0.0150. The van der Waals surface area contributed by atoms with Crippen molar-refractivity contribution in [1.29, 1.82) is 0 Å². The Morgan fingerprint density at radius 2 is 1.64 bits per heavy atom. The van der Waals surface area contributed by atoms with Gasteiger partial charge in [-0.05, 0) is 38.0 Å². The topological polar surface area (TPSA) is 210 Å². The molecule has 2 aromatic rings. The van der Waals surface area contributed by atoms with Crippen molar-refractivity contribution in [3.63, 3.8) is 0 Å². The van der Waals surface area contributed by atoms with Crippen molar-refractivity contribution >= 4 is 58.4 Å². The molecular formula is C39H55N7O9S. The smallest absolute Gasteiger partial charge is 0.315 e. The molecule has 56 heavy (non-hydrogen) atoms. The second kappa shape index (κ2) is 20.5. The van der Waals surface area contributed by atoms with Crippen LogP contribution in [0, 0.1) is 0 Å². The van der Waals surface area contributed by atoms with Crippen molar-refractivity contribution < 1.29 is 42.9 Å². The number of amides is 6. The van der Waals surface area contributed by atoms with E-state index in [1.807, 2.05) is 31.7 Å². The molecule has 306 valence electrons. The summed E-state index contributed by atoms with van der Waals surface area (Å²) >= 11 is 1.89. The second-order valence-electron chi connectivity index (χ2n) is 14.5. The summed E-state index contributed by atoms with van der Waals surface area (Å²) in [6.45, 7) is 12.4. The first-order chi connectivity index (χ1) is 26.9. The Labute approximate surface area is 331 Å². The standard InChI is InChI=1S/C39H55N7O9S/c1-5-39(3,4)35-27(21-29-37(50)42-24(2)36(49)44-29)26-11-10-25(20-28(26)43-35)55-22-33(48)41-13-15-53-17-19-54-18-16-52-14-12-40-32(47)9-7-6-8-31-34-30(23-56-31)45-38(51)46-34/h5,10-11,20-21,24,30-31,34,43H,1,6-9,12-19,22-23H2,2-4H3,(H,40,47)(H,41,48)(H,42,50)(H,44,49)(H2,45,46,51)/b29-21-/t24-,30-,31-,34-/m0/s1. The fraction of sp³-hybridized carbons (Fsp3) is 0.564. The van der Waals surface area contributed by atoms with Crippen molar-refractivity contribution in [2.45, 2.75) is 75.2 Å². The van der Waals surface area contributed by atoms with Crippen LogP contribution in [0.3, 0.4) is 0 Å². The van der Waals surface area contributed by atoms with Gasteiger partial charge in [-0.3, -0.25) is 19.2 Å². The van der Waals surface area contributed by atoms with Gasteiger partial charge in [0.05, 0.1) is 51.7 Å². The number of carbonyl (C=O) groups is 5. The number of nitrogens with one attached hydrogen (secondary N) is 7. The Morgan fingerprint density at radius 3 is 2.36 bits per heavy atom. The zero-order valence-electron chi connectivity index (χ0n) is 32.4. The summed E-state index contributed by atoms with van der Waals surface area (Å²) in [6.07, 6.45) is 6.70. The van der Waals surface area contributed by atoms with Crippen LogP contribution in [0.25, 0.3) is 17.0 Å². The molecule has 3 aliphatic heterocycles. The highest BCUT2D eigenvalue weighted by Gasteiger charge is 2.42. The van der Waals surface area contributed by atoms with Crippen LogP contribution >= 0.6 is 11.8 Å². The maximum Gasteiger partial charge on any atom is 0.315 e.